The van der Waals surface area contributed by atoms with Crippen molar-refractivity contribution in [3.05, 3.63) is 128 Å². The highest BCUT2D eigenvalue weighted by Crippen LogP contribution is 2.17. The van der Waals surface area contributed by atoms with Gasteiger partial charge in [0.25, 0.3) is 0 Å². The van der Waals surface area contributed by atoms with E-state index in [0.717, 1.165) is 22.2 Å². The van der Waals surface area contributed by atoms with Gasteiger partial charge in [0.15, 0.2) is 0 Å². The molecule has 0 fully saturated rings. The number of hydrogen-bond acceptors (Lipinski definition) is 4. The molecule has 0 atom stereocenters. The molecule has 162 valence electrons. The lowest BCUT2D eigenvalue weighted by Crippen LogP contribution is -2.14. The average Bonchev–Trinajstić information content (AvgIpc) is 2.88. The summed E-state index contributed by atoms with van der Waals surface area (Å²) in [6.45, 7) is 0.968. The van der Waals surface area contributed by atoms with Gasteiger partial charge in [0.1, 0.15) is 23.3 Å². The van der Waals surface area contributed by atoms with Gasteiger partial charge in [-0.1, -0.05) is 48.5 Å². The van der Waals surface area contributed by atoms with Crippen molar-refractivity contribution in [3.8, 4) is 12.1 Å². The van der Waals surface area contributed by atoms with Crippen LogP contribution in [-0.2, 0) is 13.1 Å². The molecule has 5 rings (SSSR count). The number of aromatic nitrogens is 2. The smallest absolute Gasteiger partial charge is 0.207 e. The zero-order chi connectivity index (χ0) is 23.7. The first-order chi connectivity index (χ1) is 16.6. The summed E-state index contributed by atoms with van der Waals surface area (Å²) >= 11 is 0. The van der Waals surface area contributed by atoms with Gasteiger partial charge in [-0.15, -0.1) is 0 Å². The van der Waals surface area contributed by atoms with Gasteiger partial charge in [0.2, 0.25) is 10.9 Å². The third-order valence-electron chi connectivity index (χ3n) is 5.91. The van der Waals surface area contributed by atoms with Crippen LogP contribution in [-0.4, -0.2) is 9.13 Å². The lowest BCUT2D eigenvalue weighted by molar-refractivity contribution is 0.802. The molecule has 3 aromatic carbocycles. The molecule has 0 spiro atoms. The second-order valence-electron chi connectivity index (χ2n) is 8.08. The number of nitrogens with zero attached hydrogens (tertiary/aromatic N) is 4. The predicted molar refractivity (Wildman–Crippen MR) is 130 cm³/mol. The average molecular weight is 442 g/mol. The molecule has 0 N–H and O–H groups in total. The van der Waals surface area contributed by atoms with Crippen LogP contribution in [0.4, 0.5) is 0 Å². The van der Waals surface area contributed by atoms with Crippen molar-refractivity contribution in [2.45, 2.75) is 13.1 Å². The molecule has 0 aliphatic carbocycles. The molecule has 6 nitrogen and oxygen atoms in total. The largest absolute Gasteiger partial charge is 0.341 e. The molecule has 2 heterocycles. The molecule has 2 aromatic heterocycles. The van der Waals surface area contributed by atoms with Gasteiger partial charge in [0.05, 0.1) is 11.0 Å². The first kappa shape index (κ1) is 20.9. The summed E-state index contributed by atoms with van der Waals surface area (Å²) in [5.74, 6) is 0. The van der Waals surface area contributed by atoms with Crippen molar-refractivity contribution in [3.63, 3.8) is 0 Å². The molecule has 5 aromatic rings. The fourth-order valence-electron chi connectivity index (χ4n) is 4.33. The SMILES string of the molecule is N#Cc1cn(Cc2cccc(Cn3cc(C#N)c(=O)c4ccccc43)c2)c2ccccc2c1=O. The normalized spacial score (nSPS) is 10.8. The summed E-state index contributed by atoms with van der Waals surface area (Å²) in [4.78, 5) is 25.0. The fourth-order valence-corrected chi connectivity index (χ4v) is 4.33. The van der Waals surface area contributed by atoms with E-state index in [9.17, 15) is 20.1 Å². The Morgan fingerprint density at radius 3 is 1.50 bits per heavy atom. The van der Waals surface area contributed by atoms with Gasteiger partial charge in [-0.25, -0.2) is 0 Å². The van der Waals surface area contributed by atoms with E-state index in [1.54, 1.807) is 36.7 Å². The van der Waals surface area contributed by atoms with E-state index in [0.29, 0.717) is 23.9 Å². The Bertz CT molecular complexity index is 1650. The maximum Gasteiger partial charge on any atom is 0.207 e. The number of fused-ring (bicyclic) bond motifs is 2. The first-order valence-corrected chi connectivity index (χ1v) is 10.7. The van der Waals surface area contributed by atoms with Crippen LogP contribution < -0.4 is 10.9 Å². The molecule has 0 saturated carbocycles. The van der Waals surface area contributed by atoms with E-state index < -0.39 is 0 Å². The zero-order valence-corrected chi connectivity index (χ0v) is 18.1. The van der Waals surface area contributed by atoms with E-state index in [4.69, 9.17) is 0 Å². The number of nitriles is 2. The molecular weight excluding hydrogens is 424 g/mol. The summed E-state index contributed by atoms with van der Waals surface area (Å²) in [5.41, 5.74) is 3.23. The van der Waals surface area contributed by atoms with E-state index >= 15 is 0 Å². The lowest BCUT2D eigenvalue weighted by atomic mass is 10.1. The van der Waals surface area contributed by atoms with Crippen LogP contribution in [0.3, 0.4) is 0 Å². The molecule has 0 amide bonds. The minimum atomic E-state index is -0.263. The lowest BCUT2D eigenvalue weighted by Gasteiger charge is -2.14. The molecule has 0 aliphatic rings. The van der Waals surface area contributed by atoms with Crippen LogP contribution in [0, 0.1) is 22.7 Å². The number of benzene rings is 3. The highest BCUT2D eigenvalue weighted by molar-refractivity contribution is 5.81. The van der Waals surface area contributed by atoms with Gasteiger partial charge in [-0.3, -0.25) is 9.59 Å². The minimum absolute atomic E-state index is 0.110. The van der Waals surface area contributed by atoms with Crippen molar-refractivity contribution >= 4 is 21.8 Å². The van der Waals surface area contributed by atoms with Crippen molar-refractivity contribution < 1.29 is 0 Å². The van der Waals surface area contributed by atoms with Crippen molar-refractivity contribution in [1.29, 1.82) is 10.5 Å². The quantitative estimate of drug-likeness (QED) is 0.418. The Kier molecular flexibility index (Phi) is 5.26. The Balaban J connectivity index is 1.55. The van der Waals surface area contributed by atoms with E-state index in [1.165, 1.54) is 0 Å². The molecule has 0 aliphatic heterocycles. The van der Waals surface area contributed by atoms with E-state index in [-0.39, 0.29) is 22.0 Å². The number of rotatable bonds is 4. The third-order valence-corrected chi connectivity index (χ3v) is 5.91. The second kappa shape index (κ2) is 8.54. The highest BCUT2D eigenvalue weighted by atomic mass is 16.1. The maximum absolute atomic E-state index is 12.5. The van der Waals surface area contributed by atoms with Crippen molar-refractivity contribution in [2.24, 2.45) is 0 Å². The molecule has 0 saturated heterocycles. The number of pyridine rings is 2. The molecule has 0 radical (unpaired) electrons. The Morgan fingerprint density at radius 1 is 0.618 bits per heavy atom. The van der Waals surface area contributed by atoms with Crippen molar-refractivity contribution in [1.82, 2.24) is 9.13 Å². The van der Waals surface area contributed by atoms with Crippen LogP contribution in [0.15, 0.2) is 94.8 Å². The number of para-hydroxylation sites is 2. The molecule has 34 heavy (non-hydrogen) atoms. The minimum Gasteiger partial charge on any atom is -0.341 e. The summed E-state index contributed by atoms with van der Waals surface area (Å²) < 4.78 is 3.83. The van der Waals surface area contributed by atoms with E-state index in [1.807, 2.05) is 63.7 Å². The molecular formula is C28H18N4O2. The summed E-state index contributed by atoms with van der Waals surface area (Å²) in [6.07, 6.45) is 3.21. The molecule has 0 unspecified atom stereocenters. The van der Waals surface area contributed by atoms with Crippen molar-refractivity contribution in [2.75, 3.05) is 0 Å². The fraction of sp³-hybridized carbons (Fsp3) is 0.0714. The van der Waals surface area contributed by atoms with Crippen LogP contribution in [0.25, 0.3) is 21.8 Å². The monoisotopic (exact) mass is 442 g/mol. The summed E-state index contributed by atoms with van der Waals surface area (Å²) in [6, 6.07) is 26.5. The first-order valence-electron chi connectivity index (χ1n) is 10.7. The van der Waals surface area contributed by atoms with Gasteiger partial charge >= 0.3 is 0 Å². The maximum atomic E-state index is 12.5. The van der Waals surface area contributed by atoms with Crippen LogP contribution in [0.5, 0.6) is 0 Å². The standard InChI is InChI=1S/C28H18N4O2/c29-13-21-17-31(25-10-3-1-8-23(25)27(21)33)15-19-6-5-7-20(12-19)16-32-18-22(14-30)28(34)24-9-2-4-11-26(24)32/h1-12,17-18H,15-16H2. The van der Waals surface area contributed by atoms with Gasteiger partial charge < -0.3 is 9.13 Å². The zero-order valence-electron chi connectivity index (χ0n) is 18.1. The summed E-state index contributed by atoms with van der Waals surface area (Å²) in [5, 5.41) is 19.9. The summed E-state index contributed by atoms with van der Waals surface area (Å²) in [7, 11) is 0. The topological polar surface area (TPSA) is 91.6 Å². The predicted octanol–water partition coefficient (Wildman–Crippen LogP) is 4.16. The van der Waals surface area contributed by atoms with Crippen LogP contribution >= 0.6 is 0 Å². The Labute approximate surface area is 194 Å². The van der Waals surface area contributed by atoms with Crippen LogP contribution in [0.2, 0.25) is 0 Å². The van der Waals surface area contributed by atoms with E-state index in [2.05, 4.69) is 6.07 Å². The van der Waals surface area contributed by atoms with Gasteiger partial charge in [-0.05, 0) is 35.4 Å². The Hall–Kier alpha value is -4.94. The third kappa shape index (κ3) is 3.64. The van der Waals surface area contributed by atoms with Crippen LogP contribution in [0.1, 0.15) is 22.3 Å². The molecule has 6 heteroatoms. The Morgan fingerprint density at radius 2 is 1.06 bits per heavy atom. The molecule has 0 bridgehead atoms. The second-order valence-corrected chi connectivity index (χ2v) is 8.08. The van der Waals surface area contributed by atoms with Gasteiger partial charge in [0, 0.05) is 36.3 Å². The highest BCUT2D eigenvalue weighted by Gasteiger charge is 2.11. The number of hydrogen-bond donors (Lipinski definition) is 0. The van der Waals surface area contributed by atoms with Gasteiger partial charge in [-0.2, -0.15) is 10.5 Å².